The number of hydrogen-bond donors (Lipinski definition) is 3. The second-order valence-corrected chi connectivity index (χ2v) is 7.32. The van der Waals surface area contributed by atoms with Crippen LogP contribution >= 0.6 is 0 Å². The molecule has 0 saturated carbocycles. The summed E-state index contributed by atoms with van der Waals surface area (Å²) in [5.41, 5.74) is 2.00. The molecular weight excluding hydrogens is 382 g/mol. The van der Waals surface area contributed by atoms with Crippen molar-refractivity contribution in [1.82, 2.24) is 10.6 Å². The van der Waals surface area contributed by atoms with Gasteiger partial charge in [-0.15, -0.1) is 0 Å². The number of ether oxygens (including phenoxy) is 1. The van der Waals surface area contributed by atoms with Crippen LogP contribution in [0.4, 0.5) is 5.69 Å². The molecule has 30 heavy (non-hydrogen) atoms. The average molecular weight is 412 g/mol. The molecule has 2 aromatic carbocycles. The molecule has 2 aromatic rings. The van der Waals surface area contributed by atoms with Crippen molar-refractivity contribution in [2.75, 3.05) is 18.5 Å². The SMILES string of the molecule is CCNC(=O)COc1cccc(NC(=O)C(NC(=O)c2cccc(C)c2)C(C)C)c1. The van der Waals surface area contributed by atoms with Crippen molar-refractivity contribution in [3.8, 4) is 5.75 Å². The van der Waals surface area contributed by atoms with E-state index in [-0.39, 0.29) is 30.2 Å². The molecule has 3 amide bonds. The van der Waals surface area contributed by atoms with Crippen LogP contribution in [0.2, 0.25) is 0 Å². The molecule has 0 bridgehead atoms. The van der Waals surface area contributed by atoms with Crippen molar-refractivity contribution in [2.24, 2.45) is 5.92 Å². The molecule has 2 rings (SSSR count). The number of rotatable bonds is 9. The molecule has 0 radical (unpaired) electrons. The minimum atomic E-state index is -0.710. The molecule has 0 aromatic heterocycles. The Morgan fingerprint density at radius 2 is 1.77 bits per heavy atom. The molecule has 0 saturated heterocycles. The van der Waals surface area contributed by atoms with E-state index in [4.69, 9.17) is 4.74 Å². The highest BCUT2D eigenvalue weighted by atomic mass is 16.5. The van der Waals surface area contributed by atoms with E-state index in [2.05, 4.69) is 16.0 Å². The van der Waals surface area contributed by atoms with E-state index < -0.39 is 6.04 Å². The van der Waals surface area contributed by atoms with Crippen molar-refractivity contribution in [1.29, 1.82) is 0 Å². The highest BCUT2D eigenvalue weighted by molar-refractivity contribution is 6.01. The number of anilines is 1. The lowest BCUT2D eigenvalue weighted by Gasteiger charge is -2.22. The van der Waals surface area contributed by atoms with Gasteiger partial charge in [0.15, 0.2) is 6.61 Å². The molecule has 1 atom stereocenters. The molecule has 3 N–H and O–H groups in total. The molecular formula is C23H29N3O4. The first-order chi connectivity index (χ1) is 14.3. The van der Waals surface area contributed by atoms with E-state index in [1.54, 1.807) is 42.5 Å². The minimum absolute atomic E-state index is 0.105. The topological polar surface area (TPSA) is 96.5 Å². The summed E-state index contributed by atoms with van der Waals surface area (Å²) < 4.78 is 5.45. The summed E-state index contributed by atoms with van der Waals surface area (Å²) in [5.74, 6) is -0.496. The van der Waals surface area contributed by atoms with Gasteiger partial charge in [-0.2, -0.15) is 0 Å². The summed E-state index contributed by atoms with van der Waals surface area (Å²) in [6.07, 6.45) is 0. The zero-order valence-corrected chi connectivity index (χ0v) is 17.8. The predicted molar refractivity (Wildman–Crippen MR) is 117 cm³/mol. The Bertz CT molecular complexity index is 896. The first-order valence-corrected chi connectivity index (χ1v) is 9.98. The molecule has 7 nitrogen and oxygen atoms in total. The Kier molecular flexibility index (Phi) is 8.41. The van der Waals surface area contributed by atoms with Gasteiger partial charge in [0.1, 0.15) is 11.8 Å². The van der Waals surface area contributed by atoms with E-state index in [0.29, 0.717) is 23.5 Å². The average Bonchev–Trinajstić information content (AvgIpc) is 2.70. The molecule has 0 heterocycles. The summed E-state index contributed by atoms with van der Waals surface area (Å²) >= 11 is 0. The lowest BCUT2D eigenvalue weighted by atomic mass is 10.0. The highest BCUT2D eigenvalue weighted by Crippen LogP contribution is 2.18. The minimum Gasteiger partial charge on any atom is -0.484 e. The van der Waals surface area contributed by atoms with E-state index in [1.807, 2.05) is 33.8 Å². The smallest absolute Gasteiger partial charge is 0.257 e. The molecule has 0 fully saturated rings. The zero-order chi connectivity index (χ0) is 22.1. The third-order valence-electron chi connectivity index (χ3n) is 4.36. The van der Waals surface area contributed by atoms with E-state index >= 15 is 0 Å². The predicted octanol–water partition coefficient (Wildman–Crippen LogP) is 2.90. The van der Waals surface area contributed by atoms with Gasteiger partial charge in [0.05, 0.1) is 0 Å². The molecule has 0 aliphatic heterocycles. The Balaban J connectivity index is 2.03. The van der Waals surface area contributed by atoms with Crippen molar-refractivity contribution in [3.05, 3.63) is 59.7 Å². The fraction of sp³-hybridized carbons (Fsp3) is 0.348. The molecule has 7 heteroatoms. The molecule has 0 spiro atoms. The number of carbonyl (C=O) groups is 3. The van der Waals surface area contributed by atoms with Gasteiger partial charge < -0.3 is 20.7 Å². The van der Waals surface area contributed by atoms with Gasteiger partial charge in [-0.05, 0) is 44.0 Å². The fourth-order valence-corrected chi connectivity index (χ4v) is 2.83. The summed E-state index contributed by atoms with van der Waals surface area (Å²) in [7, 11) is 0. The van der Waals surface area contributed by atoms with Gasteiger partial charge >= 0.3 is 0 Å². The normalized spacial score (nSPS) is 11.5. The van der Waals surface area contributed by atoms with Crippen LogP contribution in [0, 0.1) is 12.8 Å². The molecule has 1 unspecified atom stereocenters. The number of carbonyl (C=O) groups excluding carboxylic acids is 3. The number of hydrogen-bond acceptors (Lipinski definition) is 4. The van der Waals surface area contributed by atoms with Gasteiger partial charge in [0.2, 0.25) is 5.91 Å². The van der Waals surface area contributed by atoms with Crippen LogP contribution in [0.15, 0.2) is 48.5 Å². The standard InChI is InChI=1S/C23H29N3O4/c1-5-24-20(27)14-30-19-11-7-10-18(13-19)25-23(29)21(15(2)3)26-22(28)17-9-6-8-16(4)12-17/h6-13,15,21H,5,14H2,1-4H3,(H,24,27)(H,25,29)(H,26,28). The van der Waals surface area contributed by atoms with Gasteiger partial charge in [0.25, 0.3) is 11.8 Å². The number of benzene rings is 2. The van der Waals surface area contributed by atoms with Crippen molar-refractivity contribution < 1.29 is 19.1 Å². The monoisotopic (exact) mass is 411 g/mol. The van der Waals surface area contributed by atoms with Crippen LogP contribution in [0.25, 0.3) is 0 Å². The molecule has 0 aliphatic rings. The maximum Gasteiger partial charge on any atom is 0.257 e. The zero-order valence-electron chi connectivity index (χ0n) is 17.8. The van der Waals surface area contributed by atoms with Gasteiger partial charge in [0, 0.05) is 23.9 Å². The first kappa shape index (κ1) is 22.9. The second kappa shape index (κ2) is 11.0. The Morgan fingerprint density at radius 3 is 2.43 bits per heavy atom. The van der Waals surface area contributed by atoms with E-state index in [9.17, 15) is 14.4 Å². The lowest BCUT2D eigenvalue weighted by Crippen LogP contribution is -2.47. The number of nitrogens with one attached hydrogen (secondary N) is 3. The number of amides is 3. The number of aryl methyl sites for hydroxylation is 1. The Hall–Kier alpha value is -3.35. The quantitative estimate of drug-likeness (QED) is 0.591. The van der Waals surface area contributed by atoms with E-state index in [1.165, 1.54) is 0 Å². The van der Waals surface area contributed by atoms with Crippen molar-refractivity contribution in [2.45, 2.75) is 33.7 Å². The summed E-state index contributed by atoms with van der Waals surface area (Å²) in [6.45, 7) is 7.90. The maximum atomic E-state index is 12.8. The van der Waals surface area contributed by atoms with Crippen LogP contribution in [0.5, 0.6) is 5.75 Å². The third-order valence-corrected chi connectivity index (χ3v) is 4.36. The van der Waals surface area contributed by atoms with Crippen molar-refractivity contribution >= 4 is 23.4 Å². The first-order valence-electron chi connectivity index (χ1n) is 9.98. The van der Waals surface area contributed by atoms with Gasteiger partial charge in [-0.25, -0.2) is 0 Å². The van der Waals surface area contributed by atoms with Crippen LogP contribution in [0.3, 0.4) is 0 Å². The summed E-state index contributed by atoms with van der Waals surface area (Å²) in [4.78, 5) is 36.9. The summed E-state index contributed by atoms with van der Waals surface area (Å²) in [5, 5.41) is 8.28. The van der Waals surface area contributed by atoms with Crippen LogP contribution in [0.1, 0.15) is 36.7 Å². The maximum absolute atomic E-state index is 12.8. The van der Waals surface area contributed by atoms with Crippen LogP contribution in [-0.4, -0.2) is 36.9 Å². The highest BCUT2D eigenvalue weighted by Gasteiger charge is 2.25. The van der Waals surface area contributed by atoms with Gasteiger partial charge in [-0.3, -0.25) is 14.4 Å². The Morgan fingerprint density at radius 1 is 1.03 bits per heavy atom. The number of likely N-dealkylation sites (N-methyl/N-ethyl adjacent to an activating group) is 1. The summed E-state index contributed by atoms with van der Waals surface area (Å²) in [6, 6.07) is 13.3. The van der Waals surface area contributed by atoms with Crippen LogP contribution < -0.4 is 20.7 Å². The second-order valence-electron chi connectivity index (χ2n) is 7.32. The van der Waals surface area contributed by atoms with Gasteiger partial charge in [-0.1, -0.05) is 37.6 Å². The van der Waals surface area contributed by atoms with E-state index in [0.717, 1.165) is 5.56 Å². The van der Waals surface area contributed by atoms with Crippen LogP contribution in [-0.2, 0) is 9.59 Å². The third kappa shape index (κ3) is 6.92. The fourth-order valence-electron chi connectivity index (χ4n) is 2.83. The Labute approximate surface area is 177 Å². The molecule has 0 aliphatic carbocycles. The molecule has 160 valence electrons. The largest absolute Gasteiger partial charge is 0.484 e. The van der Waals surface area contributed by atoms with Crippen molar-refractivity contribution in [3.63, 3.8) is 0 Å². The lowest BCUT2D eigenvalue weighted by molar-refractivity contribution is -0.123.